The number of amides is 1. The van der Waals surface area contributed by atoms with E-state index >= 15 is 0 Å². The van der Waals surface area contributed by atoms with E-state index in [-0.39, 0.29) is 11.3 Å². The van der Waals surface area contributed by atoms with Crippen molar-refractivity contribution >= 4 is 5.91 Å². The third kappa shape index (κ3) is 3.79. The van der Waals surface area contributed by atoms with E-state index in [4.69, 9.17) is 0 Å². The first-order valence-corrected chi connectivity index (χ1v) is 7.47. The molecule has 20 heavy (non-hydrogen) atoms. The van der Waals surface area contributed by atoms with Crippen molar-refractivity contribution in [3.63, 3.8) is 0 Å². The zero-order chi connectivity index (χ0) is 14.4. The topological polar surface area (TPSA) is 63.1 Å². The highest BCUT2D eigenvalue weighted by Crippen LogP contribution is 2.29. The molecule has 0 unspecified atom stereocenters. The SMILES string of the molecule is CCN1CCC[C@](C)(C(=O)NCCCn2cnnc2)C1. The molecule has 112 valence electrons. The molecule has 1 aromatic rings. The molecule has 1 fully saturated rings. The largest absolute Gasteiger partial charge is 0.356 e. The predicted molar refractivity (Wildman–Crippen MR) is 77.1 cm³/mol. The number of aryl methyl sites for hydroxylation is 1. The van der Waals surface area contributed by atoms with Gasteiger partial charge in [0.15, 0.2) is 0 Å². The minimum atomic E-state index is -0.231. The normalized spacial score (nSPS) is 23.7. The number of hydrogen-bond donors (Lipinski definition) is 1. The van der Waals surface area contributed by atoms with Gasteiger partial charge in [-0.3, -0.25) is 4.79 Å². The summed E-state index contributed by atoms with van der Waals surface area (Å²) >= 11 is 0. The van der Waals surface area contributed by atoms with Crippen LogP contribution in [0.1, 0.15) is 33.1 Å². The van der Waals surface area contributed by atoms with Gasteiger partial charge >= 0.3 is 0 Å². The Balaban J connectivity index is 1.73. The van der Waals surface area contributed by atoms with Crippen LogP contribution in [0.25, 0.3) is 0 Å². The second kappa shape index (κ2) is 6.83. The molecule has 1 aromatic heterocycles. The standard InChI is InChI=1S/C14H25N5O/c1-3-18-8-4-6-14(2,10-18)13(20)15-7-5-9-19-11-16-17-12-19/h11-12H,3-10H2,1-2H3,(H,15,20)/t14-/m0/s1. The Bertz CT molecular complexity index is 419. The van der Waals surface area contributed by atoms with Gasteiger partial charge in [-0.05, 0) is 39.3 Å². The molecule has 1 N–H and O–H groups in total. The van der Waals surface area contributed by atoms with E-state index < -0.39 is 0 Å². The molecule has 0 aliphatic carbocycles. The van der Waals surface area contributed by atoms with Crippen LogP contribution < -0.4 is 5.32 Å². The lowest BCUT2D eigenvalue weighted by atomic mass is 9.81. The molecule has 1 aliphatic rings. The first kappa shape index (κ1) is 15.0. The number of nitrogens with zero attached hydrogens (tertiary/aromatic N) is 4. The number of hydrogen-bond acceptors (Lipinski definition) is 4. The quantitative estimate of drug-likeness (QED) is 0.786. The zero-order valence-corrected chi connectivity index (χ0v) is 12.5. The third-order valence-electron chi connectivity index (χ3n) is 4.12. The van der Waals surface area contributed by atoms with Gasteiger partial charge in [-0.15, -0.1) is 10.2 Å². The summed E-state index contributed by atoms with van der Waals surface area (Å²) in [5.41, 5.74) is -0.231. The van der Waals surface area contributed by atoms with E-state index in [0.29, 0.717) is 6.54 Å². The molecule has 2 heterocycles. The maximum absolute atomic E-state index is 12.4. The molecule has 1 saturated heterocycles. The molecular weight excluding hydrogens is 254 g/mol. The van der Waals surface area contributed by atoms with Gasteiger partial charge in [0.05, 0.1) is 5.41 Å². The summed E-state index contributed by atoms with van der Waals surface area (Å²) in [6.07, 6.45) is 6.39. The second-order valence-corrected chi connectivity index (χ2v) is 5.84. The first-order chi connectivity index (χ1) is 9.64. The average Bonchev–Trinajstić information content (AvgIpc) is 2.96. The fraction of sp³-hybridized carbons (Fsp3) is 0.786. The van der Waals surface area contributed by atoms with Gasteiger partial charge in [0.1, 0.15) is 12.7 Å². The summed E-state index contributed by atoms with van der Waals surface area (Å²) in [4.78, 5) is 14.7. The van der Waals surface area contributed by atoms with Crippen LogP contribution in [0.5, 0.6) is 0 Å². The van der Waals surface area contributed by atoms with Crippen molar-refractivity contribution in [1.29, 1.82) is 0 Å². The third-order valence-corrected chi connectivity index (χ3v) is 4.12. The number of aromatic nitrogens is 3. The van der Waals surface area contributed by atoms with Crippen LogP contribution in [0.15, 0.2) is 12.7 Å². The molecule has 1 atom stereocenters. The minimum Gasteiger partial charge on any atom is -0.356 e. The van der Waals surface area contributed by atoms with Gasteiger partial charge in [0, 0.05) is 19.6 Å². The van der Waals surface area contributed by atoms with Crippen LogP contribution in [-0.2, 0) is 11.3 Å². The number of carbonyl (C=O) groups is 1. The lowest BCUT2D eigenvalue weighted by molar-refractivity contribution is -0.133. The van der Waals surface area contributed by atoms with Gasteiger partial charge in [-0.1, -0.05) is 6.92 Å². The van der Waals surface area contributed by atoms with E-state index in [2.05, 4.69) is 34.3 Å². The lowest BCUT2D eigenvalue weighted by Gasteiger charge is -2.38. The number of likely N-dealkylation sites (tertiary alicyclic amines) is 1. The summed E-state index contributed by atoms with van der Waals surface area (Å²) in [6.45, 7) is 8.81. The molecule has 0 bridgehead atoms. The van der Waals surface area contributed by atoms with E-state index in [9.17, 15) is 4.79 Å². The maximum atomic E-state index is 12.4. The van der Waals surface area contributed by atoms with E-state index in [1.807, 2.05) is 4.57 Å². The van der Waals surface area contributed by atoms with Gasteiger partial charge in [-0.2, -0.15) is 0 Å². The Morgan fingerprint density at radius 1 is 1.40 bits per heavy atom. The fourth-order valence-corrected chi connectivity index (χ4v) is 2.81. The first-order valence-electron chi connectivity index (χ1n) is 7.47. The van der Waals surface area contributed by atoms with Gasteiger partial charge in [0.2, 0.25) is 5.91 Å². The number of rotatable bonds is 6. The summed E-state index contributed by atoms with van der Waals surface area (Å²) in [6, 6.07) is 0. The monoisotopic (exact) mass is 279 g/mol. The molecule has 1 amide bonds. The van der Waals surface area contributed by atoms with Crippen LogP contribution >= 0.6 is 0 Å². The van der Waals surface area contributed by atoms with Crippen LogP contribution in [-0.4, -0.2) is 51.8 Å². The number of piperidine rings is 1. The van der Waals surface area contributed by atoms with Crippen LogP contribution in [0.4, 0.5) is 0 Å². The van der Waals surface area contributed by atoms with Crippen molar-refractivity contribution < 1.29 is 4.79 Å². The van der Waals surface area contributed by atoms with Gasteiger partial charge in [0.25, 0.3) is 0 Å². The summed E-state index contributed by atoms with van der Waals surface area (Å²) in [5, 5.41) is 10.6. The lowest BCUT2D eigenvalue weighted by Crippen LogP contribution is -2.50. The Kier molecular flexibility index (Phi) is 5.11. The molecule has 0 aromatic carbocycles. The van der Waals surface area contributed by atoms with E-state index in [1.54, 1.807) is 12.7 Å². The summed E-state index contributed by atoms with van der Waals surface area (Å²) in [5.74, 6) is 0.194. The molecule has 6 heteroatoms. The molecular formula is C14H25N5O. The van der Waals surface area contributed by atoms with Crippen LogP contribution in [0, 0.1) is 5.41 Å². The van der Waals surface area contributed by atoms with Gasteiger partial charge < -0.3 is 14.8 Å². The number of nitrogens with one attached hydrogen (secondary N) is 1. The molecule has 0 saturated carbocycles. The van der Waals surface area contributed by atoms with Crippen molar-refractivity contribution in [2.24, 2.45) is 5.41 Å². The fourth-order valence-electron chi connectivity index (χ4n) is 2.81. The Morgan fingerprint density at radius 2 is 2.15 bits per heavy atom. The van der Waals surface area contributed by atoms with Crippen molar-refractivity contribution in [2.75, 3.05) is 26.2 Å². The van der Waals surface area contributed by atoms with Crippen molar-refractivity contribution in [2.45, 2.75) is 39.7 Å². The van der Waals surface area contributed by atoms with Crippen LogP contribution in [0.2, 0.25) is 0 Å². The second-order valence-electron chi connectivity index (χ2n) is 5.84. The van der Waals surface area contributed by atoms with E-state index in [0.717, 1.165) is 45.4 Å². The Morgan fingerprint density at radius 3 is 2.85 bits per heavy atom. The Hall–Kier alpha value is -1.43. The smallest absolute Gasteiger partial charge is 0.227 e. The maximum Gasteiger partial charge on any atom is 0.227 e. The molecule has 2 rings (SSSR count). The molecule has 1 aliphatic heterocycles. The number of carbonyl (C=O) groups excluding carboxylic acids is 1. The molecule has 0 spiro atoms. The predicted octanol–water partition coefficient (Wildman–Crippen LogP) is 0.906. The average molecular weight is 279 g/mol. The molecule has 6 nitrogen and oxygen atoms in total. The highest BCUT2D eigenvalue weighted by atomic mass is 16.2. The van der Waals surface area contributed by atoms with Crippen molar-refractivity contribution in [1.82, 2.24) is 25.0 Å². The highest BCUT2D eigenvalue weighted by molar-refractivity contribution is 5.82. The summed E-state index contributed by atoms with van der Waals surface area (Å²) in [7, 11) is 0. The minimum absolute atomic E-state index is 0.194. The van der Waals surface area contributed by atoms with Crippen molar-refractivity contribution in [3.8, 4) is 0 Å². The Labute approximate surface area is 120 Å². The van der Waals surface area contributed by atoms with Gasteiger partial charge in [-0.25, -0.2) is 0 Å². The highest BCUT2D eigenvalue weighted by Gasteiger charge is 2.36. The zero-order valence-electron chi connectivity index (χ0n) is 12.5. The van der Waals surface area contributed by atoms with Crippen LogP contribution in [0.3, 0.4) is 0 Å². The van der Waals surface area contributed by atoms with E-state index in [1.165, 1.54) is 0 Å². The van der Waals surface area contributed by atoms with Crippen molar-refractivity contribution in [3.05, 3.63) is 12.7 Å². The molecule has 0 radical (unpaired) electrons. The summed E-state index contributed by atoms with van der Waals surface area (Å²) < 4.78 is 1.92.